The summed E-state index contributed by atoms with van der Waals surface area (Å²) >= 11 is 0. The molecule has 0 bridgehead atoms. The van der Waals surface area contributed by atoms with E-state index in [4.69, 9.17) is 0 Å². The van der Waals surface area contributed by atoms with Crippen LogP contribution in [0.1, 0.15) is 38.4 Å². The SMILES string of the molecule is CCn1cc(S(=O)(=O)NC2CCCC2)nc1C. The van der Waals surface area contributed by atoms with E-state index < -0.39 is 10.0 Å². The lowest BCUT2D eigenvalue weighted by Gasteiger charge is -2.10. The van der Waals surface area contributed by atoms with Gasteiger partial charge in [-0.3, -0.25) is 0 Å². The van der Waals surface area contributed by atoms with Crippen molar-refractivity contribution in [2.24, 2.45) is 0 Å². The molecule has 96 valence electrons. The predicted molar refractivity (Wildman–Crippen MR) is 65.2 cm³/mol. The molecule has 17 heavy (non-hydrogen) atoms. The first-order valence-corrected chi connectivity index (χ1v) is 7.57. The highest BCUT2D eigenvalue weighted by molar-refractivity contribution is 7.89. The lowest BCUT2D eigenvalue weighted by Crippen LogP contribution is -2.32. The zero-order valence-corrected chi connectivity index (χ0v) is 11.1. The smallest absolute Gasteiger partial charge is 0.259 e. The molecule has 1 heterocycles. The number of hydrogen-bond acceptors (Lipinski definition) is 3. The number of aryl methyl sites for hydroxylation is 2. The summed E-state index contributed by atoms with van der Waals surface area (Å²) in [6, 6.07) is 0.0899. The lowest BCUT2D eigenvalue weighted by atomic mass is 10.3. The monoisotopic (exact) mass is 257 g/mol. The van der Waals surface area contributed by atoms with Crippen LogP contribution in [0.3, 0.4) is 0 Å². The van der Waals surface area contributed by atoms with Crippen molar-refractivity contribution in [3.63, 3.8) is 0 Å². The minimum atomic E-state index is -3.44. The minimum Gasteiger partial charge on any atom is -0.334 e. The normalized spacial score (nSPS) is 17.8. The standard InChI is InChI=1S/C11H19N3O2S/c1-3-14-8-11(12-9(14)2)17(15,16)13-10-6-4-5-7-10/h8,10,13H,3-7H2,1-2H3. The van der Waals surface area contributed by atoms with Crippen LogP contribution in [0, 0.1) is 6.92 Å². The maximum Gasteiger partial charge on any atom is 0.259 e. The second kappa shape index (κ2) is 4.78. The van der Waals surface area contributed by atoms with Crippen molar-refractivity contribution >= 4 is 10.0 Å². The van der Waals surface area contributed by atoms with Gasteiger partial charge >= 0.3 is 0 Å². The van der Waals surface area contributed by atoms with E-state index in [-0.39, 0.29) is 11.1 Å². The lowest BCUT2D eigenvalue weighted by molar-refractivity contribution is 0.549. The van der Waals surface area contributed by atoms with Crippen LogP contribution in [-0.4, -0.2) is 24.0 Å². The van der Waals surface area contributed by atoms with Gasteiger partial charge in [0.15, 0.2) is 5.03 Å². The van der Waals surface area contributed by atoms with Crippen LogP contribution in [0.25, 0.3) is 0 Å². The van der Waals surface area contributed by atoms with Gasteiger partial charge in [0, 0.05) is 18.8 Å². The molecule has 0 unspecified atom stereocenters. The molecule has 0 spiro atoms. The van der Waals surface area contributed by atoms with Crippen molar-refractivity contribution in [2.45, 2.75) is 57.1 Å². The van der Waals surface area contributed by atoms with Gasteiger partial charge in [-0.25, -0.2) is 18.1 Å². The van der Waals surface area contributed by atoms with Gasteiger partial charge < -0.3 is 4.57 Å². The first kappa shape index (κ1) is 12.6. The second-order valence-corrected chi connectivity index (χ2v) is 6.18. The third kappa shape index (κ3) is 2.69. The van der Waals surface area contributed by atoms with Gasteiger partial charge in [0.25, 0.3) is 10.0 Å². The van der Waals surface area contributed by atoms with Crippen LogP contribution in [-0.2, 0) is 16.6 Å². The van der Waals surface area contributed by atoms with Gasteiger partial charge in [0.1, 0.15) is 5.82 Å². The molecule has 0 saturated heterocycles. The maximum atomic E-state index is 12.1. The van der Waals surface area contributed by atoms with Crippen molar-refractivity contribution in [2.75, 3.05) is 0 Å². The number of rotatable bonds is 4. The Bertz CT molecular complexity index is 487. The molecule has 1 N–H and O–H groups in total. The zero-order chi connectivity index (χ0) is 12.5. The Balaban J connectivity index is 2.18. The Morgan fingerprint density at radius 1 is 1.47 bits per heavy atom. The van der Waals surface area contributed by atoms with Crippen LogP contribution in [0.15, 0.2) is 11.2 Å². The maximum absolute atomic E-state index is 12.1. The summed E-state index contributed by atoms with van der Waals surface area (Å²) in [6.07, 6.45) is 5.69. The van der Waals surface area contributed by atoms with Crippen molar-refractivity contribution in [1.29, 1.82) is 0 Å². The minimum absolute atomic E-state index is 0.0899. The molecule has 1 fully saturated rings. The van der Waals surface area contributed by atoms with Gasteiger partial charge in [0.05, 0.1) is 0 Å². The molecule has 1 aliphatic carbocycles. The van der Waals surface area contributed by atoms with E-state index in [0.29, 0.717) is 0 Å². The zero-order valence-electron chi connectivity index (χ0n) is 10.3. The number of aromatic nitrogens is 2. The van der Waals surface area contributed by atoms with Crippen LogP contribution < -0.4 is 4.72 Å². The van der Waals surface area contributed by atoms with Crippen molar-refractivity contribution < 1.29 is 8.42 Å². The Morgan fingerprint density at radius 2 is 2.12 bits per heavy atom. The fourth-order valence-electron chi connectivity index (χ4n) is 2.25. The third-order valence-corrected chi connectivity index (χ3v) is 4.64. The van der Waals surface area contributed by atoms with E-state index in [1.54, 1.807) is 6.20 Å². The molecule has 0 radical (unpaired) electrons. The molecular formula is C11H19N3O2S. The summed E-state index contributed by atoms with van der Waals surface area (Å²) < 4.78 is 28.7. The highest BCUT2D eigenvalue weighted by Crippen LogP contribution is 2.20. The van der Waals surface area contributed by atoms with Crippen LogP contribution in [0.5, 0.6) is 0 Å². The highest BCUT2D eigenvalue weighted by atomic mass is 32.2. The molecular weight excluding hydrogens is 238 g/mol. The topological polar surface area (TPSA) is 64.0 Å². The van der Waals surface area contributed by atoms with E-state index in [1.807, 2.05) is 18.4 Å². The summed E-state index contributed by atoms with van der Waals surface area (Å²) in [4.78, 5) is 4.11. The average molecular weight is 257 g/mol. The number of nitrogens with zero attached hydrogens (tertiary/aromatic N) is 2. The summed E-state index contributed by atoms with van der Waals surface area (Å²) in [7, 11) is -3.44. The summed E-state index contributed by atoms with van der Waals surface area (Å²) in [6.45, 7) is 4.52. The van der Waals surface area contributed by atoms with E-state index in [9.17, 15) is 8.42 Å². The molecule has 0 atom stereocenters. The number of imidazole rings is 1. The predicted octanol–water partition coefficient (Wildman–Crippen LogP) is 1.43. The van der Waals surface area contributed by atoms with Crippen LogP contribution in [0.4, 0.5) is 0 Å². The molecule has 2 rings (SSSR count). The molecule has 1 saturated carbocycles. The number of hydrogen-bond donors (Lipinski definition) is 1. The molecule has 1 aromatic heterocycles. The Kier molecular flexibility index (Phi) is 3.53. The molecule has 1 aliphatic rings. The third-order valence-electron chi connectivity index (χ3n) is 3.25. The summed E-state index contributed by atoms with van der Waals surface area (Å²) in [5, 5.41) is 0.142. The summed E-state index contributed by atoms with van der Waals surface area (Å²) in [5.41, 5.74) is 0. The van der Waals surface area contributed by atoms with Crippen molar-refractivity contribution in [3.8, 4) is 0 Å². The van der Waals surface area contributed by atoms with E-state index >= 15 is 0 Å². The van der Waals surface area contributed by atoms with Gasteiger partial charge in [0.2, 0.25) is 0 Å². The van der Waals surface area contributed by atoms with Crippen LogP contribution in [0.2, 0.25) is 0 Å². The largest absolute Gasteiger partial charge is 0.334 e. The molecule has 0 amide bonds. The number of nitrogens with one attached hydrogen (secondary N) is 1. The number of sulfonamides is 1. The van der Waals surface area contributed by atoms with Gasteiger partial charge in [-0.2, -0.15) is 0 Å². The van der Waals surface area contributed by atoms with E-state index in [1.165, 1.54) is 0 Å². The van der Waals surface area contributed by atoms with Gasteiger partial charge in [-0.15, -0.1) is 0 Å². The Labute approximate surface area is 102 Å². The quantitative estimate of drug-likeness (QED) is 0.887. The van der Waals surface area contributed by atoms with Crippen LogP contribution >= 0.6 is 0 Å². The first-order chi connectivity index (χ1) is 8.03. The van der Waals surface area contributed by atoms with Crippen molar-refractivity contribution in [1.82, 2.24) is 14.3 Å². The van der Waals surface area contributed by atoms with E-state index in [0.717, 1.165) is 38.1 Å². The molecule has 0 aliphatic heterocycles. The molecule has 6 heteroatoms. The fraction of sp³-hybridized carbons (Fsp3) is 0.727. The van der Waals surface area contributed by atoms with Gasteiger partial charge in [-0.1, -0.05) is 12.8 Å². The van der Waals surface area contributed by atoms with Gasteiger partial charge in [-0.05, 0) is 26.7 Å². The second-order valence-electron chi connectivity index (χ2n) is 4.52. The Hall–Kier alpha value is -0.880. The molecule has 5 nitrogen and oxygen atoms in total. The Morgan fingerprint density at radius 3 is 2.65 bits per heavy atom. The molecule has 1 aromatic rings. The summed E-state index contributed by atoms with van der Waals surface area (Å²) in [5.74, 6) is 0.735. The molecule has 0 aromatic carbocycles. The van der Waals surface area contributed by atoms with E-state index in [2.05, 4.69) is 9.71 Å². The first-order valence-electron chi connectivity index (χ1n) is 6.09. The fourth-order valence-corrected chi connectivity index (χ4v) is 3.57. The van der Waals surface area contributed by atoms with Crippen molar-refractivity contribution in [3.05, 3.63) is 12.0 Å². The average Bonchev–Trinajstić information content (AvgIpc) is 2.87. The highest BCUT2D eigenvalue weighted by Gasteiger charge is 2.25.